The molecule has 1 rings (SSSR count). The Hall–Kier alpha value is -0.120. The summed E-state index contributed by atoms with van der Waals surface area (Å²) in [5.41, 5.74) is 4.64. The van der Waals surface area contributed by atoms with Gasteiger partial charge in [-0.25, -0.2) is 0 Å². The van der Waals surface area contributed by atoms with E-state index in [1.807, 2.05) is 6.92 Å². The molecule has 0 amide bonds. The van der Waals surface area contributed by atoms with Crippen molar-refractivity contribution in [3.8, 4) is 0 Å². The third-order valence-corrected chi connectivity index (χ3v) is 2.85. The Balaban J connectivity index is 2.62. The van der Waals surface area contributed by atoms with Gasteiger partial charge < -0.3 is 15.6 Å². The van der Waals surface area contributed by atoms with Gasteiger partial charge in [-0.15, -0.1) is 0 Å². The highest BCUT2D eigenvalue weighted by molar-refractivity contribution is 4.92. The second kappa shape index (κ2) is 3.32. The lowest BCUT2D eigenvalue weighted by atomic mass is 9.82. The Morgan fingerprint density at radius 2 is 2.25 bits per heavy atom. The van der Waals surface area contributed by atoms with Crippen LogP contribution in [0.15, 0.2) is 0 Å². The predicted octanol–water partition coefficient (Wildman–Crippen LogP) is 0.655. The van der Waals surface area contributed by atoms with Crippen LogP contribution in [0.5, 0.6) is 0 Å². The minimum atomic E-state index is -0.691. The average molecular weight is 173 g/mol. The summed E-state index contributed by atoms with van der Waals surface area (Å²) in [4.78, 5) is 0. The third kappa shape index (κ3) is 1.97. The van der Waals surface area contributed by atoms with Crippen LogP contribution in [0.2, 0.25) is 0 Å². The number of hydrogen-bond acceptors (Lipinski definition) is 3. The first-order valence-corrected chi connectivity index (χ1v) is 4.60. The largest absolute Gasteiger partial charge is 0.388 e. The van der Waals surface area contributed by atoms with Crippen LogP contribution in [0.25, 0.3) is 0 Å². The standard InChI is InChI=1S/C9H19NO2/c1-3-8(2)6-9(11,7-10)4-5-12-8/h11H,3-7,10H2,1-2H3. The Labute approximate surface area is 73.9 Å². The predicted molar refractivity (Wildman–Crippen MR) is 47.9 cm³/mol. The minimum absolute atomic E-state index is 0.174. The fourth-order valence-electron chi connectivity index (χ4n) is 1.72. The van der Waals surface area contributed by atoms with Gasteiger partial charge in [0.2, 0.25) is 0 Å². The summed E-state index contributed by atoms with van der Waals surface area (Å²) in [5, 5.41) is 9.94. The van der Waals surface area contributed by atoms with Crippen molar-refractivity contribution < 1.29 is 9.84 Å². The lowest BCUT2D eigenvalue weighted by Crippen LogP contribution is -2.51. The average Bonchev–Trinajstić information content (AvgIpc) is 2.05. The van der Waals surface area contributed by atoms with Crippen LogP contribution in [-0.4, -0.2) is 29.5 Å². The van der Waals surface area contributed by atoms with Crippen molar-refractivity contribution in [1.29, 1.82) is 0 Å². The van der Waals surface area contributed by atoms with Crippen LogP contribution in [0, 0.1) is 0 Å². The maximum atomic E-state index is 9.94. The molecule has 1 saturated heterocycles. The van der Waals surface area contributed by atoms with E-state index in [4.69, 9.17) is 10.5 Å². The van der Waals surface area contributed by atoms with Gasteiger partial charge in [0.1, 0.15) is 0 Å². The zero-order valence-corrected chi connectivity index (χ0v) is 7.97. The molecule has 1 heterocycles. The number of ether oxygens (including phenoxy) is 1. The topological polar surface area (TPSA) is 55.5 Å². The first-order chi connectivity index (χ1) is 5.54. The van der Waals surface area contributed by atoms with Gasteiger partial charge in [0.15, 0.2) is 0 Å². The summed E-state index contributed by atoms with van der Waals surface area (Å²) >= 11 is 0. The zero-order chi connectivity index (χ0) is 9.24. The number of rotatable bonds is 2. The highest BCUT2D eigenvalue weighted by Gasteiger charge is 2.39. The lowest BCUT2D eigenvalue weighted by molar-refractivity contribution is -0.149. The van der Waals surface area contributed by atoms with Gasteiger partial charge in [-0.05, 0) is 13.3 Å². The van der Waals surface area contributed by atoms with Crippen molar-refractivity contribution in [2.45, 2.75) is 44.3 Å². The van der Waals surface area contributed by atoms with Gasteiger partial charge in [0.05, 0.1) is 17.8 Å². The summed E-state index contributed by atoms with van der Waals surface area (Å²) in [6.45, 7) is 5.07. The van der Waals surface area contributed by atoms with Gasteiger partial charge in [-0.3, -0.25) is 0 Å². The molecule has 0 spiro atoms. The van der Waals surface area contributed by atoms with Crippen LogP contribution in [0.4, 0.5) is 0 Å². The van der Waals surface area contributed by atoms with Gasteiger partial charge in [-0.1, -0.05) is 6.92 Å². The molecule has 0 saturated carbocycles. The van der Waals surface area contributed by atoms with E-state index in [9.17, 15) is 5.11 Å². The molecule has 3 heteroatoms. The van der Waals surface area contributed by atoms with E-state index in [2.05, 4.69) is 6.92 Å². The molecule has 3 nitrogen and oxygen atoms in total. The van der Waals surface area contributed by atoms with Crippen LogP contribution < -0.4 is 5.73 Å². The lowest BCUT2D eigenvalue weighted by Gasteiger charge is -2.42. The molecule has 0 aromatic heterocycles. The Morgan fingerprint density at radius 3 is 2.75 bits per heavy atom. The summed E-state index contributed by atoms with van der Waals surface area (Å²) in [6.07, 6.45) is 2.25. The fourth-order valence-corrected chi connectivity index (χ4v) is 1.72. The summed E-state index contributed by atoms with van der Waals surface area (Å²) in [7, 11) is 0. The summed E-state index contributed by atoms with van der Waals surface area (Å²) in [6, 6.07) is 0. The van der Waals surface area contributed by atoms with Crippen molar-refractivity contribution in [1.82, 2.24) is 0 Å². The smallest absolute Gasteiger partial charge is 0.0818 e. The molecule has 72 valence electrons. The molecule has 0 aliphatic carbocycles. The third-order valence-electron chi connectivity index (χ3n) is 2.85. The summed E-state index contributed by atoms with van der Waals surface area (Å²) in [5.74, 6) is 0. The van der Waals surface area contributed by atoms with Crippen LogP contribution in [0.1, 0.15) is 33.1 Å². The molecular formula is C9H19NO2. The van der Waals surface area contributed by atoms with Crippen molar-refractivity contribution in [2.24, 2.45) is 5.73 Å². The van der Waals surface area contributed by atoms with Crippen LogP contribution in [-0.2, 0) is 4.74 Å². The van der Waals surface area contributed by atoms with Crippen molar-refractivity contribution in [2.75, 3.05) is 13.2 Å². The maximum Gasteiger partial charge on any atom is 0.0818 e. The molecule has 3 N–H and O–H groups in total. The van der Waals surface area contributed by atoms with E-state index in [0.717, 1.165) is 6.42 Å². The minimum Gasteiger partial charge on any atom is -0.388 e. The SMILES string of the molecule is CCC1(C)CC(O)(CN)CCO1. The van der Waals surface area contributed by atoms with Gasteiger partial charge in [-0.2, -0.15) is 0 Å². The van der Waals surface area contributed by atoms with E-state index in [1.54, 1.807) is 0 Å². The van der Waals surface area contributed by atoms with E-state index in [1.165, 1.54) is 0 Å². The van der Waals surface area contributed by atoms with Crippen molar-refractivity contribution in [3.05, 3.63) is 0 Å². The van der Waals surface area contributed by atoms with Gasteiger partial charge in [0, 0.05) is 19.4 Å². The molecule has 0 aromatic rings. The van der Waals surface area contributed by atoms with Crippen molar-refractivity contribution >= 4 is 0 Å². The highest BCUT2D eigenvalue weighted by atomic mass is 16.5. The van der Waals surface area contributed by atoms with E-state index < -0.39 is 5.60 Å². The molecule has 1 aliphatic heterocycles. The van der Waals surface area contributed by atoms with Crippen LogP contribution >= 0.6 is 0 Å². The van der Waals surface area contributed by atoms with Gasteiger partial charge >= 0.3 is 0 Å². The zero-order valence-electron chi connectivity index (χ0n) is 7.97. The molecule has 0 radical (unpaired) electrons. The normalized spacial score (nSPS) is 43.0. The van der Waals surface area contributed by atoms with Crippen molar-refractivity contribution in [3.63, 3.8) is 0 Å². The number of nitrogens with two attached hydrogens (primary N) is 1. The molecule has 0 bridgehead atoms. The number of hydrogen-bond donors (Lipinski definition) is 2. The van der Waals surface area contributed by atoms with E-state index >= 15 is 0 Å². The van der Waals surface area contributed by atoms with Crippen LogP contribution in [0.3, 0.4) is 0 Å². The molecule has 2 atom stereocenters. The first-order valence-electron chi connectivity index (χ1n) is 4.60. The monoisotopic (exact) mass is 173 g/mol. The molecule has 1 aliphatic rings. The fraction of sp³-hybridized carbons (Fsp3) is 1.00. The van der Waals surface area contributed by atoms with Gasteiger partial charge in [0.25, 0.3) is 0 Å². The Kier molecular flexibility index (Phi) is 2.76. The quantitative estimate of drug-likeness (QED) is 0.645. The second-order valence-electron chi connectivity index (χ2n) is 4.01. The second-order valence-corrected chi connectivity index (χ2v) is 4.01. The molecule has 0 aromatic carbocycles. The van der Waals surface area contributed by atoms with E-state index in [0.29, 0.717) is 26.0 Å². The molecule has 12 heavy (non-hydrogen) atoms. The summed E-state index contributed by atoms with van der Waals surface area (Å²) < 4.78 is 5.60. The molecular weight excluding hydrogens is 154 g/mol. The molecule has 1 fully saturated rings. The first kappa shape index (κ1) is 9.96. The number of aliphatic hydroxyl groups is 1. The molecule has 2 unspecified atom stereocenters. The Morgan fingerprint density at radius 1 is 1.58 bits per heavy atom. The Bertz CT molecular complexity index is 147. The van der Waals surface area contributed by atoms with E-state index in [-0.39, 0.29) is 5.60 Å². The highest BCUT2D eigenvalue weighted by Crippen LogP contribution is 2.33. The maximum absolute atomic E-state index is 9.94.